The number of carbonyl (C=O) groups is 1. The standard InChI is InChI=1S/C14H22N2O4/c1-18-8-9-20-7-6-15-11-14(17)16-12-4-3-5-13(10-12)19-2/h3-5,10,15H,6-9,11H2,1-2H3,(H,16,17). The van der Waals surface area contributed by atoms with Gasteiger partial charge in [-0.2, -0.15) is 0 Å². The fraction of sp³-hybridized carbons (Fsp3) is 0.500. The van der Waals surface area contributed by atoms with Crippen LogP contribution in [0, 0.1) is 0 Å². The highest BCUT2D eigenvalue weighted by atomic mass is 16.5. The van der Waals surface area contributed by atoms with Gasteiger partial charge in [0.25, 0.3) is 0 Å². The normalized spacial score (nSPS) is 10.3. The highest BCUT2D eigenvalue weighted by Gasteiger charge is 2.02. The van der Waals surface area contributed by atoms with Crippen LogP contribution < -0.4 is 15.4 Å². The van der Waals surface area contributed by atoms with Gasteiger partial charge in [0.2, 0.25) is 5.91 Å². The van der Waals surface area contributed by atoms with Crippen LogP contribution in [0.25, 0.3) is 0 Å². The lowest BCUT2D eigenvalue weighted by Gasteiger charge is -2.08. The summed E-state index contributed by atoms with van der Waals surface area (Å²) in [5.41, 5.74) is 0.715. The number of hydrogen-bond acceptors (Lipinski definition) is 5. The van der Waals surface area contributed by atoms with Gasteiger partial charge in [0.15, 0.2) is 0 Å². The molecule has 112 valence electrons. The zero-order valence-electron chi connectivity index (χ0n) is 12.0. The summed E-state index contributed by atoms with van der Waals surface area (Å²) in [6, 6.07) is 7.23. The smallest absolute Gasteiger partial charge is 0.238 e. The molecule has 0 radical (unpaired) electrons. The molecule has 1 amide bonds. The van der Waals surface area contributed by atoms with Gasteiger partial charge >= 0.3 is 0 Å². The lowest BCUT2D eigenvalue weighted by molar-refractivity contribution is -0.115. The molecule has 2 N–H and O–H groups in total. The Morgan fingerprint density at radius 1 is 1.20 bits per heavy atom. The lowest BCUT2D eigenvalue weighted by Crippen LogP contribution is -2.30. The summed E-state index contributed by atoms with van der Waals surface area (Å²) in [5.74, 6) is 0.609. The molecular weight excluding hydrogens is 260 g/mol. The first-order valence-corrected chi connectivity index (χ1v) is 6.47. The third kappa shape index (κ3) is 7.08. The molecule has 0 aromatic heterocycles. The van der Waals surface area contributed by atoms with Crippen LogP contribution in [0.2, 0.25) is 0 Å². The van der Waals surface area contributed by atoms with Crippen molar-refractivity contribution in [1.29, 1.82) is 0 Å². The number of nitrogens with one attached hydrogen (secondary N) is 2. The van der Waals surface area contributed by atoms with E-state index >= 15 is 0 Å². The van der Waals surface area contributed by atoms with Gasteiger partial charge in [-0.15, -0.1) is 0 Å². The molecule has 0 aliphatic heterocycles. The maximum Gasteiger partial charge on any atom is 0.238 e. The molecule has 1 aromatic rings. The highest BCUT2D eigenvalue weighted by molar-refractivity contribution is 5.92. The van der Waals surface area contributed by atoms with E-state index in [4.69, 9.17) is 14.2 Å². The predicted octanol–water partition coefficient (Wildman–Crippen LogP) is 0.886. The molecule has 0 aliphatic carbocycles. The first kappa shape index (κ1) is 16.4. The van der Waals surface area contributed by atoms with Crippen molar-refractivity contribution in [1.82, 2.24) is 5.32 Å². The van der Waals surface area contributed by atoms with Crippen molar-refractivity contribution in [2.45, 2.75) is 0 Å². The minimum Gasteiger partial charge on any atom is -0.497 e. The molecule has 6 heteroatoms. The summed E-state index contributed by atoms with van der Waals surface area (Å²) in [4.78, 5) is 11.7. The molecule has 0 unspecified atom stereocenters. The Morgan fingerprint density at radius 3 is 2.80 bits per heavy atom. The quantitative estimate of drug-likeness (QED) is 0.624. The molecule has 0 heterocycles. The largest absolute Gasteiger partial charge is 0.497 e. The number of carbonyl (C=O) groups excluding carboxylic acids is 1. The average Bonchev–Trinajstić information content (AvgIpc) is 2.46. The molecule has 1 aromatic carbocycles. The molecule has 0 atom stereocenters. The topological polar surface area (TPSA) is 68.8 Å². The van der Waals surface area contributed by atoms with Crippen LogP contribution >= 0.6 is 0 Å². The minimum absolute atomic E-state index is 0.102. The maximum atomic E-state index is 11.7. The number of amides is 1. The van der Waals surface area contributed by atoms with Gasteiger partial charge in [0, 0.05) is 25.4 Å². The van der Waals surface area contributed by atoms with Crippen molar-refractivity contribution in [3.8, 4) is 5.75 Å². The zero-order chi connectivity index (χ0) is 14.6. The molecule has 0 saturated heterocycles. The van der Waals surface area contributed by atoms with E-state index in [-0.39, 0.29) is 12.5 Å². The van der Waals surface area contributed by atoms with E-state index in [2.05, 4.69) is 10.6 Å². The van der Waals surface area contributed by atoms with Crippen LogP contribution in [0.1, 0.15) is 0 Å². The number of benzene rings is 1. The molecule has 0 aliphatic rings. The predicted molar refractivity (Wildman–Crippen MR) is 77.2 cm³/mol. The SMILES string of the molecule is COCCOCCNCC(=O)Nc1cccc(OC)c1. The molecule has 1 rings (SSSR count). The molecular formula is C14H22N2O4. The molecule has 6 nitrogen and oxygen atoms in total. The van der Waals surface area contributed by atoms with E-state index < -0.39 is 0 Å². The fourth-order valence-corrected chi connectivity index (χ4v) is 1.50. The summed E-state index contributed by atoms with van der Waals surface area (Å²) >= 11 is 0. The zero-order valence-corrected chi connectivity index (χ0v) is 12.0. The van der Waals surface area contributed by atoms with Crippen molar-refractivity contribution >= 4 is 11.6 Å². The number of hydrogen-bond donors (Lipinski definition) is 2. The summed E-state index contributed by atoms with van der Waals surface area (Å²) < 4.78 is 15.2. The van der Waals surface area contributed by atoms with Crippen molar-refractivity contribution < 1.29 is 19.0 Å². The van der Waals surface area contributed by atoms with E-state index in [0.717, 1.165) is 0 Å². The summed E-state index contributed by atoms with van der Waals surface area (Å²) in [6.45, 7) is 2.56. The first-order valence-electron chi connectivity index (χ1n) is 6.47. The van der Waals surface area contributed by atoms with E-state index in [0.29, 0.717) is 37.8 Å². The Hall–Kier alpha value is -1.63. The van der Waals surface area contributed by atoms with Gasteiger partial charge in [0.05, 0.1) is 33.5 Å². The van der Waals surface area contributed by atoms with E-state index in [9.17, 15) is 4.79 Å². The van der Waals surface area contributed by atoms with Crippen LogP contribution in [-0.4, -0.2) is 53.0 Å². The number of rotatable bonds is 10. The Balaban J connectivity index is 2.13. The fourth-order valence-electron chi connectivity index (χ4n) is 1.50. The number of ether oxygens (including phenoxy) is 3. The van der Waals surface area contributed by atoms with Crippen LogP contribution in [0.3, 0.4) is 0 Å². The number of anilines is 1. The van der Waals surface area contributed by atoms with E-state index in [1.54, 1.807) is 20.3 Å². The minimum atomic E-state index is -0.102. The van der Waals surface area contributed by atoms with Gasteiger partial charge < -0.3 is 24.8 Å². The molecule has 0 fully saturated rings. The van der Waals surface area contributed by atoms with Gasteiger partial charge in [-0.3, -0.25) is 4.79 Å². The third-order valence-electron chi connectivity index (χ3n) is 2.49. The first-order chi connectivity index (χ1) is 9.76. The number of methoxy groups -OCH3 is 2. The van der Waals surface area contributed by atoms with Crippen molar-refractivity contribution in [2.75, 3.05) is 52.4 Å². The highest BCUT2D eigenvalue weighted by Crippen LogP contribution is 2.16. The van der Waals surface area contributed by atoms with E-state index in [1.807, 2.05) is 18.2 Å². The Bertz CT molecular complexity index is 399. The van der Waals surface area contributed by atoms with Crippen molar-refractivity contribution in [3.63, 3.8) is 0 Å². The van der Waals surface area contributed by atoms with Crippen LogP contribution in [0.5, 0.6) is 5.75 Å². The maximum absolute atomic E-state index is 11.7. The summed E-state index contributed by atoms with van der Waals surface area (Å²) in [7, 11) is 3.22. The third-order valence-corrected chi connectivity index (χ3v) is 2.49. The molecule has 0 bridgehead atoms. The Morgan fingerprint density at radius 2 is 2.05 bits per heavy atom. The van der Waals surface area contributed by atoms with Crippen LogP contribution in [-0.2, 0) is 14.3 Å². The average molecular weight is 282 g/mol. The monoisotopic (exact) mass is 282 g/mol. The van der Waals surface area contributed by atoms with E-state index in [1.165, 1.54) is 0 Å². The second-order valence-electron chi connectivity index (χ2n) is 4.06. The van der Waals surface area contributed by atoms with Gasteiger partial charge in [0.1, 0.15) is 5.75 Å². The molecule has 0 saturated carbocycles. The van der Waals surface area contributed by atoms with Gasteiger partial charge in [-0.25, -0.2) is 0 Å². The second-order valence-corrected chi connectivity index (χ2v) is 4.06. The van der Waals surface area contributed by atoms with Crippen LogP contribution in [0.15, 0.2) is 24.3 Å². The summed E-state index contributed by atoms with van der Waals surface area (Å²) in [5, 5.41) is 5.79. The van der Waals surface area contributed by atoms with Crippen molar-refractivity contribution in [2.24, 2.45) is 0 Å². The second kappa shape index (κ2) is 10.2. The Kier molecular flexibility index (Phi) is 8.37. The van der Waals surface area contributed by atoms with Gasteiger partial charge in [-0.1, -0.05) is 6.07 Å². The Labute approximate surface area is 119 Å². The van der Waals surface area contributed by atoms with Crippen LogP contribution in [0.4, 0.5) is 5.69 Å². The summed E-state index contributed by atoms with van der Waals surface area (Å²) in [6.07, 6.45) is 0. The van der Waals surface area contributed by atoms with Crippen molar-refractivity contribution in [3.05, 3.63) is 24.3 Å². The lowest BCUT2D eigenvalue weighted by atomic mass is 10.3. The molecule has 0 spiro atoms. The van der Waals surface area contributed by atoms with Gasteiger partial charge in [-0.05, 0) is 12.1 Å². The molecule has 20 heavy (non-hydrogen) atoms.